The summed E-state index contributed by atoms with van der Waals surface area (Å²) in [6.07, 6.45) is -15.2. The van der Waals surface area contributed by atoms with Gasteiger partial charge in [0, 0.05) is 34.3 Å². The summed E-state index contributed by atoms with van der Waals surface area (Å²) in [5.41, 5.74) is -9.76. The van der Waals surface area contributed by atoms with Gasteiger partial charge in [-0.1, -0.05) is 17.7 Å². The van der Waals surface area contributed by atoms with Gasteiger partial charge in [0.1, 0.15) is 5.75 Å². The number of benzene rings is 2. The Kier molecular flexibility index (Phi) is 9.19. The summed E-state index contributed by atoms with van der Waals surface area (Å²) in [6, 6.07) is 2.75. The van der Waals surface area contributed by atoms with E-state index in [1.165, 1.54) is 12.3 Å². The molecule has 206 valence electrons. The Bertz CT molecular complexity index is 1140. The lowest BCUT2D eigenvalue weighted by Crippen LogP contribution is -2.48. The number of aliphatic hydroxyl groups is 1. The fraction of sp³-hybridized carbons (Fsp3) is 0.381. The SMILES string of the molecule is C[S@@](=O)CC(=O)NCc1ccc(NC[C@@](O)(c2cc(C(F)(F)F)cc(C(F)(F)F)c2)C(F)(F)F)cc1Cl. The first-order valence-electron chi connectivity index (χ1n) is 9.92. The van der Waals surface area contributed by atoms with E-state index in [1.807, 2.05) is 0 Å². The van der Waals surface area contributed by atoms with E-state index in [4.69, 9.17) is 11.6 Å². The van der Waals surface area contributed by atoms with Crippen LogP contribution < -0.4 is 10.6 Å². The Hall–Kier alpha value is -2.52. The lowest BCUT2D eigenvalue weighted by Gasteiger charge is -2.32. The number of alkyl halides is 9. The minimum Gasteiger partial charge on any atom is -0.381 e. The molecule has 2 aromatic carbocycles. The molecule has 16 heteroatoms. The third kappa shape index (κ3) is 7.98. The minimum absolute atomic E-state index is 0.0723. The van der Waals surface area contributed by atoms with Crippen LogP contribution in [0.2, 0.25) is 5.02 Å². The van der Waals surface area contributed by atoms with Gasteiger partial charge in [-0.2, -0.15) is 39.5 Å². The molecule has 0 aliphatic rings. The third-order valence-corrected chi connectivity index (χ3v) is 5.97. The largest absolute Gasteiger partial charge is 0.423 e. The summed E-state index contributed by atoms with van der Waals surface area (Å²) in [4.78, 5) is 11.6. The van der Waals surface area contributed by atoms with Crippen LogP contribution in [0.4, 0.5) is 45.2 Å². The van der Waals surface area contributed by atoms with Crippen LogP contribution in [0.3, 0.4) is 0 Å². The zero-order valence-corrected chi connectivity index (χ0v) is 20.1. The molecule has 0 heterocycles. The minimum atomic E-state index is -5.69. The molecular formula is C21H18ClF9N2O3S. The van der Waals surface area contributed by atoms with Gasteiger partial charge in [-0.3, -0.25) is 9.00 Å². The molecule has 3 N–H and O–H groups in total. The molecular weight excluding hydrogens is 567 g/mol. The molecule has 0 spiro atoms. The standard InChI is InChI=1S/C21H18ClF9N2O3S/c1-37(36)9-17(34)32-8-11-2-3-15(7-16(11)22)33-10-18(35,21(29,30)31)12-4-13(19(23,24)25)6-14(5-12)20(26,27)28/h2-7,33,35H,8-10H2,1H3,(H,32,34)/t18-,37-/m1/s1. The molecule has 0 aliphatic heterocycles. The van der Waals surface area contributed by atoms with Crippen molar-refractivity contribution in [2.45, 2.75) is 30.7 Å². The highest BCUT2D eigenvalue weighted by molar-refractivity contribution is 7.85. The quantitative estimate of drug-likeness (QED) is 0.371. The molecule has 0 aliphatic carbocycles. The molecule has 0 fully saturated rings. The van der Waals surface area contributed by atoms with Crippen molar-refractivity contribution in [1.82, 2.24) is 5.32 Å². The van der Waals surface area contributed by atoms with Gasteiger partial charge in [-0.05, 0) is 41.5 Å². The van der Waals surface area contributed by atoms with Crippen LogP contribution in [0.25, 0.3) is 0 Å². The lowest BCUT2D eigenvalue weighted by molar-refractivity contribution is -0.261. The molecule has 0 saturated heterocycles. The highest BCUT2D eigenvalue weighted by Crippen LogP contribution is 2.44. The summed E-state index contributed by atoms with van der Waals surface area (Å²) in [5, 5.41) is 14.8. The van der Waals surface area contributed by atoms with Crippen molar-refractivity contribution < 1.29 is 53.6 Å². The number of anilines is 1. The normalized spacial score (nSPS) is 15.1. The summed E-state index contributed by atoms with van der Waals surface area (Å²) < 4.78 is 131. The van der Waals surface area contributed by atoms with Crippen molar-refractivity contribution in [3.05, 3.63) is 63.7 Å². The predicted octanol–water partition coefficient (Wildman–Crippen LogP) is 5.23. The van der Waals surface area contributed by atoms with Crippen LogP contribution in [0.1, 0.15) is 22.3 Å². The summed E-state index contributed by atoms with van der Waals surface area (Å²) in [6.45, 7) is -1.70. The highest BCUT2D eigenvalue weighted by Gasteiger charge is 2.56. The molecule has 37 heavy (non-hydrogen) atoms. The Morgan fingerprint density at radius 2 is 1.43 bits per heavy atom. The molecule has 0 bridgehead atoms. The van der Waals surface area contributed by atoms with Crippen LogP contribution in [0.5, 0.6) is 0 Å². The van der Waals surface area contributed by atoms with Gasteiger partial charge in [-0.15, -0.1) is 0 Å². The molecule has 0 aromatic heterocycles. The number of halogens is 10. The second kappa shape index (κ2) is 11.1. The van der Waals surface area contributed by atoms with E-state index in [2.05, 4.69) is 10.6 Å². The topological polar surface area (TPSA) is 78.4 Å². The van der Waals surface area contributed by atoms with Gasteiger partial charge >= 0.3 is 18.5 Å². The summed E-state index contributed by atoms with van der Waals surface area (Å²) in [5.74, 6) is -0.840. The van der Waals surface area contributed by atoms with E-state index in [1.54, 1.807) is 0 Å². The number of carbonyl (C=O) groups excluding carboxylic acids is 1. The molecule has 5 nitrogen and oxygen atoms in total. The van der Waals surface area contributed by atoms with Crippen LogP contribution in [-0.4, -0.2) is 40.0 Å². The number of amides is 1. The van der Waals surface area contributed by atoms with Crippen molar-refractivity contribution in [3.8, 4) is 0 Å². The van der Waals surface area contributed by atoms with E-state index < -0.39 is 64.1 Å². The van der Waals surface area contributed by atoms with Crippen LogP contribution in [-0.2, 0) is 40.1 Å². The van der Waals surface area contributed by atoms with Gasteiger partial charge in [0.25, 0.3) is 0 Å². The number of carbonyl (C=O) groups is 1. The fourth-order valence-electron chi connectivity index (χ4n) is 3.02. The predicted molar refractivity (Wildman–Crippen MR) is 117 cm³/mol. The Labute approximate surface area is 211 Å². The molecule has 0 saturated carbocycles. The second-order valence-electron chi connectivity index (χ2n) is 7.81. The summed E-state index contributed by atoms with van der Waals surface area (Å²) >= 11 is 6.03. The lowest BCUT2D eigenvalue weighted by atomic mass is 9.89. The highest BCUT2D eigenvalue weighted by atomic mass is 35.5. The van der Waals surface area contributed by atoms with Crippen LogP contribution in [0, 0.1) is 0 Å². The van der Waals surface area contributed by atoms with E-state index in [0.29, 0.717) is 5.56 Å². The van der Waals surface area contributed by atoms with Gasteiger partial charge in [0.15, 0.2) is 0 Å². The number of hydrogen-bond donors (Lipinski definition) is 3. The van der Waals surface area contributed by atoms with Gasteiger partial charge in [0.05, 0.1) is 17.7 Å². The smallest absolute Gasteiger partial charge is 0.381 e. The summed E-state index contributed by atoms with van der Waals surface area (Å²) in [7, 11) is -1.41. The molecule has 2 rings (SSSR count). The van der Waals surface area contributed by atoms with Crippen molar-refractivity contribution in [3.63, 3.8) is 0 Å². The van der Waals surface area contributed by atoms with Gasteiger partial charge < -0.3 is 15.7 Å². The molecule has 0 unspecified atom stereocenters. The van der Waals surface area contributed by atoms with Crippen molar-refractivity contribution in [2.24, 2.45) is 0 Å². The third-order valence-electron chi connectivity index (χ3n) is 4.95. The first-order valence-corrected chi connectivity index (χ1v) is 12.0. The number of rotatable bonds is 8. The second-order valence-corrected chi connectivity index (χ2v) is 9.65. The van der Waals surface area contributed by atoms with Gasteiger partial charge in [0.2, 0.25) is 11.5 Å². The first kappa shape index (κ1) is 30.7. The molecule has 0 radical (unpaired) electrons. The molecule has 2 aromatic rings. The van der Waals surface area contributed by atoms with E-state index in [-0.39, 0.29) is 41.2 Å². The zero-order chi connectivity index (χ0) is 28.4. The van der Waals surface area contributed by atoms with Crippen LogP contribution >= 0.6 is 11.6 Å². The maximum absolute atomic E-state index is 13.8. The maximum Gasteiger partial charge on any atom is 0.423 e. The Morgan fingerprint density at radius 3 is 1.86 bits per heavy atom. The first-order chi connectivity index (χ1) is 16.7. The van der Waals surface area contributed by atoms with Crippen molar-refractivity contribution in [2.75, 3.05) is 23.9 Å². The number of hydrogen-bond acceptors (Lipinski definition) is 4. The maximum atomic E-state index is 13.8. The van der Waals surface area contributed by atoms with E-state index in [0.717, 1.165) is 12.1 Å². The average molecular weight is 585 g/mol. The Balaban J connectivity index is 2.36. The van der Waals surface area contributed by atoms with E-state index in [9.17, 15) is 53.6 Å². The van der Waals surface area contributed by atoms with E-state index >= 15 is 0 Å². The molecule has 2 atom stereocenters. The Morgan fingerprint density at radius 1 is 0.919 bits per heavy atom. The molecule has 1 amide bonds. The zero-order valence-electron chi connectivity index (χ0n) is 18.5. The fourth-order valence-corrected chi connectivity index (χ4v) is 3.74. The number of nitrogens with one attached hydrogen (secondary N) is 2. The monoisotopic (exact) mass is 584 g/mol. The van der Waals surface area contributed by atoms with Gasteiger partial charge in [-0.25, -0.2) is 0 Å². The van der Waals surface area contributed by atoms with Crippen molar-refractivity contribution in [1.29, 1.82) is 0 Å². The van der Waals surface area contributed by atoms with Crippen LogP contribution in [0.15, 0.2) is 36.4 Å². The average Bonchev–Trinajstić information content (AvgIpc) is 2.74. The van der Waals surface area contributed by atoms with Crippen molar-refractivity contribution >= 4 is 34.0 Å².